The fraction of sp³-hybridized carbons (Fsp3) is 0.615. The maximum atomic E-state index is 11.8. The molecule has 0 aromatic carbocycles. The van der Waals surface area contributed by atoms with E-state index in [4.69, 9.17) is 4.74 Å². The molecule has 1 aliphatic heterocycles. The van der Waals surface area contributed by atoms with Gasteiger partial charge in [-0.15, -0.1) is 11.3 Å². The van der Waals surface area contributed by atoms with Gasteiger partial charge in [0.25, 0.3) is 0 Å². The number of carbonyl (C=O) groups excluding carboxylic acids is 1. The van der Waals surface area contributed by atoms with E-state index >= 15 is 0 Å². The molecule has 0 aliphatic carbocycles. The fourth-order valence-electron chi connectivity index (χ4n) is 2.08. The van der Waals surface area contributed by atoms with Gasteiger partial charge in [-0.05, 0) is 24.3 Å². The van der Waals surface area contributed by atoms with Crippen LogP contribution in [0.2, 0.25) is 0 Å². The van der Waals surface area contributed by atoms with Gasteiger partial charge in [0.2, 0.25) is 5.91 Å². The van der Waals surface area contributed by atoms with Crippen molar-refractivity contribution in [2.24, 2.45) is 0 Å². The summed E-state index contributed by atoms with van der Waals surface area (Å²) in [6, 6.07) is 4.09. The van der Waals surface area contributed by atoms with Gasteiger partial charge in [-0.3, -0.25) is 10.1 Å². The van der Waals surface area contributed by atoms with Crippen LogP contribution in [0.25, 0.3) is 0 Å². The Kier molecular flexibility index (Phi) is 5.16. The number of hydrogen-bond acceptors (Lipinski definition) is 4. The number of amides is 1. The average Bonchev–Trinajstić information content (AvgIpc) is 2.99. The first-order valence-corrected chi connectivity index (χ1v) is 7.35. The van der Waals surface area contributed by atoms with Crippen LogP contribution in [0.3, 0.4) is 0 Å². The van der Waals surface area contributed by atoms with Crippen LogP contribution in [0.1, 0.15) is 30.8 Å². The summed E-state index contributed by atoms with van der Waals surface area (Å²) in [7, 11) is 0. The molecule has 1 aromatic rings. The number of rotatable bonds is 7. The Hall–Kier alpha value is -0.910. The highest BCUT2D eigenvalue weighted by Gasteiger charge is 2.31. The van der Waals surface area contributed by atoms with Crippen molar-refractivity contribution in [3.8, 4) is 0 Å². The molecule has 1 amide bonds. The molecule has 0 radical (unpaired) electrons. The molecule has 1 N–H and O–H groups in total. The first kappa shape index (κ1) is 13.5. The summed E-state index contributed by atoms with van der Waals surface area (Å²) >= 11 is 1.69. The summed E-state index contributed by atoms with van der Waals surface area (Å²) in [5.41, 5.74) is 0. The summed E-state index contributed by atoms with van der Waals surface area (Å²) in [6.45, 7) is 4.84. The lowest BCUT2D eigenvalue weighted by Crippen LogP contribution is -2.31. The minimum absolute atomic E-state index is 0.0590. The summed E-state index contributed by atoms with van der Waals surface area (Å²) in [5, 5.41) is 5.30. The van der Waals surface area contributed by atoms with Crippen LogP contribution in [0.5, 0.6) is 0 Å². The first-order valence-electron chi connectivity index (χ1n) is 6.47. The molecule has 1 saturated heterocycles. The zero-order chi connectivity index (χ0) is 12.8. The van der Waals surface area contributed by atoms with Crippen molar-refractivity contribution in [3.05, 3.63) is 22.4 Å². The van der Waals surface area contributed by atoms with Crippen LogP contribution in [0.15, 0.2) is 17.5 Å². The zero-order valence-corrected chi connectivity index (χ0v) is 11.5. The van der Waals surface area contributed by atoms with Gasteiger partial charge in [0.15, 0.2) is 0 Å². The van der Waals surface area contributed by atoms with Crippen molar-refractivity contribution in [2.75, 3.05) is 26.3 Å². The summed E-state index contributed by atoms with van der Waals surface area (Å²) < 4.78 is 5.45. The van der Waals surface area contributed by atoms with Gasteiger partial charge in [-0.2, -0.15) is 0 Å². The highest BCUT2D eigenvalue weighted by atomic mass is 32.1. The van der Waals surface area contributed by atoms with Gasteiger partial charge >= 0.3 is 0 Å². The van der Waals surface area contributed by atoms with Crippen molar-refractivity contribution < 1.29 is 9.53 Å². The molecule has 0 spiro atoms. The quantitative estimate of drug-likeness (QED) is 0.769. The van der Waals surface area contributed by atoms with Crippen LogP contribution in [-0.2, 0) is 9.53 Å². The Labute approximate surface area is 112 Å². The highest BCUT2D eigenvalue weighted by Crippen LogP contribution is 2.26. The van der Waals surface area contributed by atoms with E-state index in [0.29, 0.717) is 6.54 Å². The van der Waals surface area contributed by atoms with Crippen molar-refractivity contribution in [2.45, 2.75) is 25.9 Å². The van der Waals surface area contributed by atoms with E-state index in [1.807, 2.05) is 16.3 Å². The van der Waals surface area contributed by atoms with E-state index in [2.05, 4.69) is 18.3 Å². The lowest BCUT2D eigenvalue weighted by atomic mass is 10.3. The standard InChI is InChI=1S/C13H20N2O2S/c1-2-7-17-8-4-6-15-12(16)10-14-13(15)11-5-3-9-18-11/h3,5,9,13-14H,2,4,6-8,10H2,1H3. The minimum Gasteiger partial charge on any atom is -0.381 e. The van der Waals surface area contributed by atoms with Crippen LogP contribution in [0.4, 0.5) is 0 Å². The fourth-order valence-corrected chi connectivity index (χ4v) is 2.89. The molecule has 1 aromatic heterocycles. The first-order chi connectivity index (χ1) is 8.83. The minimum atomic E-state index is 0.0590. The Bertz CT molecular complexity index is 367. The Morgan fingerprint density at radius 1 is 1.56 bits per heavy atom. The van der Waals surface area contributed by atoms with Gasteiger partial charge in [0.05, 0.1) is 6.54 Å². The number of nitrogens with one attached hydrogen (secondary N) is 1. The van der Waals surface area contributed by atoms with Crippen molar-refractivity contribution in [3.63, 3.8) is 0 Å². The summed E-state index contributed by atoms with van der Waals surface area (Å²) in [6.07, 6.45) is 2.00. The lowest BCUT2D eigenvalue weighted by Gasteiger charge is -2.23. The van der Waals surface area contributed by atoms with Gasteiger partial charge in [-0.1, -0.05) is 13.0 Å². The van der Waals surface area contributed by atoms with Crippen LogP contribution in [-0.4, -0.2) is 37.1 Å². The molecule has 5 heteroatoms. The Morgan fingerprint density at radius 3 is 3.17 bits per heavy atom. The second kappa shape index (κ2) is 6.87. The van der Waals surface area contributed by atoms with E-state index in [0.717, 1.165) is 32.6 Å². The lowest BCUT2D eigenvalue weighted by molar-refractivity contribution is -0.128. The third-order valence-electron chi connectivity index (χ3n) is 2.93. The third-order valence-corrected chi connectivity index (χ3v) is 3.85. The Morgan fingerprint density at radius 2 is 2.44 bits per heavy atom. The SMILES string of the molecule is CCCOCCCN1C(=O)CNC1c1cccs1. The second-order valence-electron chi connectivity index (χ2n) is 4.35. The molecule has 1 aliphatic rings. The van der Waals surface area contributed by atoms with Crippen LogP contribution in [0, 0.1) is 0 Å². The smallest absolute Gasteiger partial charge is 0.238 e. The zero-order valence-electron chi connectivity index (χ0n) is 10.7. The van der Waals surface area contributed by atoms with E-state index < -0.39 is 0 Å². The van der Waals surface area contributed by atoms with Gasteiger partial charge < -0.3 is 9.64 Å². The molecule has 2 rings (SSSR count). The molecule has 18 heavy (non-hydrogen) atoms. The molecular weight excluding hydrogens is 248 g/mol. The van der Waals surface area contributed by atoms with Gasteiger partial charge in [0, 0.05) is 24.6 Å². The molecule has 1 fully saturated rings. The molecule has 2 heterocycles. The molecule has 1 unspecified atom stereocenters. The number of ether oxygens (including phenoxy) is 1. The van der Waals surface area contributed by atoms with Crippen molar-refractivity contribution in [1.29, 1.82) is 0 Å². The molecular formula is C13H20N2O2S. The summed E-state index contributed by atoms with van der Waals surface area (Å²) in [4.78, 5) is 14.9. The number of hydrogen-bond donors (Lipinski definition) is 1. The second-order valence-corrected chi connectivity index (χ2v) is 5.33. The van der Waals surface area contributed by atoms with E-state index in [9.17, 15) is 4.79 Å². The molecule has 0 bridgehead atoms. The van der Waals surface area contributed by atoms with Crippen LogP contribution >= 0.6 is 11.3 Å². The molecule has 0 saturated carbocycles. The summed E-state index contributed by atoms with van der Waals surface area (Å²) in [5.74, 6) is 0.184. The monoisotopic (exact) mass is 268 g/mol. The Balaban J connectivity index is 1.82. The van der Waals surface area contributed by atoms with E-state index in [1.165, 1.54) is 4.88 Å². The van der Waals surface area contributed by atoms with Gasteiger partial charge in [-0.25, -0.2) is 0 Å². The van der Waals surface area contributed by atoms with Crippen molar-refractivity contribution in [1.82, 2.24) is 10.2 Å². The van der Waals surface area contributed by atoms with Crippen molar-refractivity contribution >= 4 is 17.2 Å². The molecule has 1 atom stereocenters. The maximum absolute atomic E-state index is 11.8. The molecule has 100 valence electrons. The normalized spacial score (nSPS) is 19.7. The topological polar surface area (TPSA) is 41.6 Å². The van der Waals surface area contributed by atoms with E-state index in [-0.39, 0.29) is 12.1 Å². The maximum Gasteiger partial charge on any atom is 0.238 e. The molecule has 4 nitrogen and oxygen atoms in total. The van der Waals surface area contributed by atoms with Gasteiger partial charge in [0.1, 0.15) is 6.17 Å². The number of carbonyl (C=O) groups is 1. The highest BCUT2D eigenvalue weighted by molar-refractivity contribution is 7.10. The average molecular weight is 268 g/mol. The predicted octanol–water partition coefficient (Wildman–Crippen LogP) is 2.00. The van der Waals surface area contributed by atoms with E-state index in [1.54, 1.807) is 11.3 Å². The van der Waals surface area contributed by atoms with Crippen LogP contribution < -0.4 is 5.32 Å². The largest absolute Gasteiger partial charge is 0.381 e. The third kappa shape index (κ3) is 3.31. The number of nitrogens with zero attached hydrogens (tertiary/aromatic N) is 1. The predicted molar refractivity (Wildman–Crippen MR) is 72.5 cm³/mol. The number of thiophene rings is 1.